The fraction of sp³-hybridized carbons (Fsp3) is 0.200. The molecule has 0 saturated carbocycles. The number of halogens is 1. The standard InChI is InChI=1S/C10H9F/c11-10-7-3-5-8-4-1-2-6-9(8)10/h1-6,10H,7H2. The van der Waals surface area contributed by atoms with Gasteiger partial charge in [0.15, 0.2) is 0 Å². The first-order chi connectivity index (χ1) is 5.38. The average molecular weight is 148 g/mol. The van der Waals surface area contributed by atoms with Crippen LogP contribution >= 0.6 is 0 Å². The van der Waals surface area contributed by atoms with Gasteiger partial charge in [0.2, 0.25) is 0 Å². The normalized spacial score (nSPS) is 21.4. The van der Waals surface area contributed by atoms with Crippen molar-refractivity contribution < 1.29 is 4.39 Å². The molecule has 1 aliphatic carbocycles. The zero-order chi connectivity index (χ0) is 7.68. The zero-order valence-electron chi connectivity index (χ0n) is 6.13. The Labute approximate surface area is 65.4 Å². The quantitative estimate of drug-likeness (QED) is 0.530. The van der Waals surface area contributed by atoms with Crippen LogP contribution in [0.3, 0.4) is 0 Å². The van der Waals surface area contributed by atoms with Gasteiger partial charge in [-0.3, -0.25) is 0 Å². The number of benzene rings is 1. The highest BCUT2D eigenvalue weighted by Crippen LogP contribution is 2.29. The summed E-state index contributed by atoms with van der Waals surface area (Å²) in [5.74, 6) is 0. The molecule has 0 heterocycles. The Balaban J connectivity index is 2.54. The van der Waals surface area contributed by atoms with Crippen LogP contribution in [0.2, 0.25) is 0 Å². The molecule has 0 saturated heterocycles. The molecule has 0 nitrogen and oxygen atoms in total. The van der Waals surface area contributed by atoms with Crippen molar-refractivity contribution in [2.45, 2.75) is 12.6 Å². The lowest BCUT2D eigenvalue weighted by Crippen LogP contribution is -1.97. The molecule has 1 atom stereocenters. The Bertz CT molecular complexity index is 289. The number of alkyl halides is 1. The van der Waals surface area contributed by atoms with Crippen LogP contribution in [0, 0.1) is 0 Å². The van der Waals surface area contributed by atoms with E-state index in [4.69, 9.17) is 0 Å². The van der Waals surface area contributed by atoms with Gasteiger partial charge in [-0.2, -0.15) is 0 Å². The number of fused-ring (bicyclic) bond motifs is 1. The summed E-state index contributed by atoms with van der Waals surface area (Å²) in [6.45, 7) is 0. The molecule has 1 aromatic rings. The molecular weight excluding hydrogens is 139 g/mol. The lowest BCUT2D eigenvalue weighted by molar-refractivity contribution is 0.345. The summed E-state index contributed by atoms with van der Waals surface area (Å²) in [7, 11) is 0. The minimum Gasteiger partial charge on any atom is -0.242 e. The molecule has 0 fully saturated rings. The van der Waals surface area contributed by atoms with Gasteiger partial charge in [0.1, 0.15) is 6.17 Å². The molecule has 0 aliphatic heterocycles. The van der Waals surface area contributed by atoms with Crippen LogP contribution in [0.5, 0.6) is 0 Å². The molecule has 0 bridgehead atoms. The van der Waals surface area contributed by atoms with Gasteiger partial charge < -0.3 is 0 Å². The van der Waals surface area contributed by atoms with Crippen LogP contribution in [-0.4, -0.2) is 0 Å². The molecule has 11 heavy (non-hydrogen) atoms. The molecule has 0 aromatic heterocycles. The third-order valence-electron chi connectivity index (χ3n) is 1.97. The highest BCUT2D eigenvalue weighted by atomic mass is 19.1. The van der Waals surface area contributed by atoms with Crippen molar-refractivity contribution in [1.29, 1.82) is 0 Å². The number of hydrogen-bond donors (Lipinski definition) is 0. The molecular formula is C10H9F. The second kappa shape index (κ2) is 2.50. The van der Waals surface area contributed by atoms with Gasteiger partial charge >= 0.3 is 0 Å². The molecule has 2 rings (SSSR count). The Morgan fingerprint density at radius 2 is 2.09 bits per heavy atom. The van der Waals surface area contributed by atoms with E-state index >= 15 is 0 Å². The maximum Gasteiger partial charge on any atom is 0.129 e. The van der Waals surface area contributed by atoms with Gasteiger partial charge in [-0.25, -0.2) is 4.39 Å². The number of allylic oxidation sites excluding steroid dienone is 1. The summed E-state index contributed by atoms with van der Waals surface area (Å²) >= 11 is 0. The van der Waals surface area contributed by atoms with E-state index in [9.17, 15) is 4.39 Å². The third-order valence-corrected chi connectivity index (χ3v) is 1.97. The van der Waals surface area contributed by atoms with Crippen LogP contribution in [0.1, 0.15) is 23.7 Å². The maximum atomic E-state index is 13.1. The Morgan fingerprint density at radius 1 is 1.27 bits per heavy atom. The lowest BCUT2D eigenvalue weighted by Gasteiger charge is -2.13. The smallest absolute Gasteiger partial charge is 0.129 e. The van der Waals surface area contributed by atoms with Crippen molar-refractivity contribution in [1.82, 2.24) is 0 Å². The van der Waals surface area contributed by atoms with E-state index in [1.54, 1.807) is 0 Å². The minimum atomic E-state index is -0.795. The first-order valence-electron chi connectivity index (χ1n) is 3.77. The van der Waals surface area contributed by atoms with Crippen molar-refractivity contribution in [2.24, 2.45) is 0 Å². The Morgan fingerprint density at radius 3 is 2.91 bits per heavy atom. The summed E-state index contributed by atoms with van der Waals surface area (Å²) in [5, 5.41) is 0. The van der Waals surface area contributed by atoms with Gasteiger partial charge in [0.05, 0.1) is 0 Å². The van der Waals surface area contributed by atoms with Crippen LogP contribution in [0.15, 0.2) is 30.3 Å². The zero-order valence-corrected chi connectivity index (χ0v) is 6.13. The minimum absolute atomic E-state index is 0.525. The molecule has 1 unspecified atom stereocenters. The van der Waals surface area contributed by atoms with E-state index in [2.05, 4.69) is 0 Å². The topological polar surface area (TPSA) is 0 Å². The largest absolute Gasteiger partial charge is 0.242 e. The second-order valence-electron chi connectivity index (χ2n) is 2.73. The molecule has 1 aliphatic rings. The van der Waals surface area contributed by atoms with Gasteiger partial charge in [0, 0.05) is 6.42 Å². The molecule has 0 N–H and O–H groups in total. The van der Waals surface area contributed by atoms with Crippen LogP contribution in [0.25, 0.3) is 6.08 Å². The SMILES string of the molecule is FC1CC=Cc2ccccc21. The Kier molecular flexibility index (Phi) is 1.50. The summed E-state index contributed by atoms with van der Waals surface area (Å²) in [5.41, 5.74) is 1.85. The van der Waals surface area contributed by atoms with E-state index in [0.717, 1.165) is 11.1 Å². The monoisotopic (exact) mass is 148 g/mol. The van der Waals surface area contributed by atoms with Crippen molar-refractivity contribution in [2.75, 3.05) is 0 Å². The van der Waals surface area contributed by atoms with E-state index in [-0.39, 0.29) is 0 Å². The fourth-order valence-electron chi connectivity index (χ4n) is 1.39. The van der Waals surface area contributed by atoms with Gasteiger partial charge in [-0.15, -0.1) is 0 Å². The molecule has 0 amide bonds. The lowest BCUT2D eigenvalue weighted by atomic mass is 9.96. The predicted octanol–water partition coefficient (Wildman–Crippen LogP) is 3.11. The summed E-state index contributed by atoms with van der Waals surface area (Å²) in [6.07, 6.45) is 3.59. The summed E-state index contributed by atoms with van der Waals surface area (Å²) < 4.78 is 13.1. The Hall–Kier alpha value is -1.11. The van der Waals surface area contributed by atoms with Gasteiger partial charge in [-0.1, -0.05) is 36.4 Å². The second-order valence-corrected chi connectivity index (χ2v) is 2.73. The van der Waals surface area contributed by atoms with Crippen molar-refractivity contribution in [3.8, 4) is 0 Å². The van der Waals surface area contributed by atoms with Crippen molar-refractivity contribution >= 4 is 6.08 Å². The highest BCUT2D eigenvalue weighted by Gasteiger charge is 2.13. The summed E-state index contributed by atoms with van der Waals surface area (Å²) in [6, 6.07) is 7.60. The average Bonchev–Trinajstić information content (AvgIpc) is 2.06. The first kappa shape index (κ1) is 6.59. The maximum absolute atomic E-state index is 13.1. The third kappa shape index (κ3) is 1.07. The number of rotatable bonds is 0. The van der Waals surface area contributed by atoms with Crippen LogP contribution < -0.4 is 0 Å². The van der Waals surface area contributed by atoms with Gasteiger partial charge in [-0.05, 0) is 11.1 Å². The van der Waals surface area contributed by atoms with E-state index < -0.39 is 6.17 Å². The molecule has 1 heteroatoms. The van der Waals surface area contributed by atoms with Crippen molar-refractivity contribution in [3.63, 3.8) is 0 Å². The highest BCUT2D eigenvalue weighted by molar-refractivity contribution is 5.56. The molecule has 56 valence electrons. The van der Waals surface area contributed by atoms with Crippen molar-refractivity contribution in [3.05, 3.63) is 41.5 Å². The molecule has 0 radical (unpaired) electrons. The fourth-order valence-corrected chi connectivity index (χ4v) is 1.39. The molecule has 0 spiro atoms. The predicted molar refractivity (Wildman–Crippen MR) is 43.9 cm³/mol. The van der Waals surface area contributed by atoms with Gasteiger partial charge in [0.25, 0.3) is 0 Å². The molecule has 1 aromatic carbocycles. The summed E-state index contributed by atoms with van der Waals surface area (Å²) in [4.78, 5) is 0. The van der Waals surface area contributed by atoms with E-state index in [1.165, 1.54) is 0 Å². The van der Waals surface area contributed by atoms with Crippen LogP contribution in [-0.2, 0) is 0 Å². The number of hydrogen-bond acceptors (Lipinski definition) is 0. The van der Waals surface area contributed by atoms with E-state index in [1.807, 2.05) is 36.4 Å². The van der Waals surface area contributed by atoms with Crippen LogP contribution in [0.4, 0.5) is 4.39 Å². The first-order valence-corrected chi connectivity index (χ1v) is 3.77. The van der Waals surface area contributed by atoms with E-state index in [0.29, 0.717) is 6.42 Å².